The molecule has 0 spiro atoms. The summed E-state index contributed by atoms with van der Waals surface area (Å²) in [5.74, 6) is -5.49. The number of hydrogen-bond acceptors (Lipinski definition) is 17. The van der Waals surface area contributed by atoms with Crippen molar-refractivity contribution >= 4 is 35.9 Å². The highest BCUT2D eigenvalue weighted by atomic mass is 16.6. The summed E-state index contributed by atoms with van der Waals surface area (Å²) in [7, 11) is 0. The van der Waals surface area contributed by atoms with Crippen LogP contribution in [-0.4, -0.2) is 153 Å². The molecule has 6 aliphatic rings. The number of carbonyl (C=O) groups excluding carboxylic acids is 6. The molecule has 19 heteroatoms. The predicted molar refractivity (Wildman–Crippen MR) is 250 cm³/mol. The maximum Gasteiger partial charge on any atom is 0.410 e. The molecule has 4 N–H and O–H groups in total. The maximum absolute atomic E-state index is 16.1. The number of likely N-dealkylation sites (tertiary alicyclic amines) is 2. The standard InChI is InChI=1S/C52H69N3O16/c1-29-34(67-45(61)39(58)38(33-18-15-25-65-33)53-46(62)71-48(3,4)5)27-52(64)43(69-44(60)31-16-11-9-12-17-31)41-50(8,35(57)26-36-51(41,28-66-36)70-30(2)56)42(59)40(37(29)49(52,6)7)68-47(63)55-23-19-32(20-24-55)54-21-13-10-14-22-54/h9,11-12,15-18,25,32,34-36,38-41,43,57-58,64H,10,13-14,19-24,26-28H2,1-8H3,(H,53,62)/t34-,35-,36+,38+,39+,40+,41?,43-,50+,51-,52+/m0/s1. The summed E-state index contributed by atoms with van der Waals surface area (Å²) in [4.78, 5) is 90.1. The number of ketones is 1. The third kappa shape index (κ3) is 9.48. The molecule has 2 bridgehead atoms. The number of aliphatic hydroxyl groups excluding tert-OH is 2. The van der Waals surface area contributed by atoms with E-state index in [0.717, 1.165) is 25.9 Å². The Kier molecular flexibility index (Phi) is 14.3. The predicted octanol–water partition coefficient (Wildman–Crippen LogP) is 4.95. The number of nitrogens with zero attached hydrogens (tertiary/aromatic N) is 2. The lowest BCUT2D eigenvalue weighted by atomic mass is 9.44. The van der Waals surface area contributed by atoms with Crippen molar-refractivity contribution in [2.75, 3.05) is 32.8 Å². The van der Waals surface area contributed by atoms with Gasteiger partial charge in [-0.3, -0.25) is 9.59 Å². The molecular weight excluding hydrogens is 923 g/mol. The van der Waals surface area contributed by atoms with Gasteiger partial charge in [0, 0.05) is 44.3 Å². The molecular formula is C52H69N3O16. The number of amides is 2. The fourth-order valence-corrected chi connectivity index (χ4v) is 12.3. The molecule has 0 radical (unpaired) electrons. The summed E-state index contributed by atoms with van der Waals surface area (Å²) >= 11 is 0. The van der Waals surface area contributed by atoms with E-state index in [4.69, 9.17) is 32.8 Å². The quantitative estimate of drug-likeness (QED) is 0.140. The van der Waals surface area contributed by atoms with E-state index in [-0.39, 0.29) is 41.5 Å². The Morgan fingerprint density at radius 3 is 2.18 bits per heavy atom. The first-order valence-corrected chi connectivity index (χ1v) is 24.8. The minimum Gasteiger partial charge on any atom is -0.467 e. The Morgan fingerprint density at radius 1 is 0.915 bits per heavy atom. The van der Waals surface area contributed by atoms with Crippen LogP contribution in [0.4, 0.5) is 9.59 Å². The van der Waals surface area contributed by atoms with Crippen molar-refractivity contribution in [1.29, 1.82) is 0 Å². The topological polar surface area (TPSA) is 250 Å². The summed E-state index contributed by atoms with van der Waals surface area (Å²) in [5.41, 5.74) is -8.80. The Morgan fingerprint density at radius 2 is 1.59 bits per heavy atom. The first-order chi connectivity index (χ1) is 33.4. The Hall–Kier alpha value is -5.34. The smallest absolute Gasteiger partial charge is 0.410 e. The largest absolute Gasteiger partial charge is 0.467 e. The van der Waals surface area contributed by atoms with E-state index in [0.29, 0.717) is 25.9 Å². The number of Topliss-reactive ketones (excluding diaryl/α,β-unsaturated/α-hetero) is 1. The number of esters is 3. The highest BCUT2D eigenvalue weighted by molar-refractivity contribution is 5.95. The van der Waals surface area contributed by atoms with Gasteiger partial charge in [0.25, 0.3) is 0 Å². The van der Waals surface area contributed by atoms with E-state index in [1.54, 1.807) is 59.7 Å². The second-order valence-electron chi connectivity index (χ2n) is 21.9. The minimum atomic E-state index is -2.44. The van der Waals surface area contributed by atoms with Gasteiger partial charge in [-0.2, -0.15) is 0 Å². The first kappa shape index (κ1) is 52.0. The van der Waals surface area contributed by atoms with Gasteiger partial charge in [0.05, 0.1) is 35.9 Å². The molecule has 71 heavy (non-hydrogen) atoms. The highest BCUT2D eigenvalue weighted by Gasteiger charge is 2.78. The van der Waals surface area contributed by atoms with Crippen LogP contribution < -0.4 is 5.32 Å². The number of aliphatic hydroxyl groups is 3. The van der Waals surface area contributed by atoms with Gasteiger partial charge in [-0.25, -0.2) is 19.2 Å². The van der Waals surface area contributed by atoms with Crippen molar-refractivity contribution < 1.29 is 76.9 Å². The van der Waals surface area contributed by atoms with E-state index >= 15 is 4.79 Å². The number of rotatable bonds is 10. The van der Waals surface area contributed by atoms with Gasteiger partial charge in [-0.15, -0.1) is 0 Å². The van der Waals surface area contributed by atoms with Crippen molar-refractivity contribution in [3.8, 4) is 0 Å². The molecule has 19 nitrogen and oxygen atoms in total. The summed E-state index contributed by atoms with van der Waals surface area (Å²) < 4.78 is 42.2. The Balaban J connectivity index is 1.25. The minimum absolute atomic E-state index is 0.00397. The van der Waals surface area contributed by atoms with Crippen LogP contribution in [0.3, 0.4) is 0 Å². The summed E-state index contributed by atoms with van der Waals surface area (Å²) in [6.07, 6.45) is -6.69. The fourth-order valence-electron chi connectivity index (χ4n) is 12.3. The molecule has 4 heterocycles. The first-order valence-electron chi connectivity index (χ1n) is 24.8. The third-order valence-corrected chi connectivity index (χ3v) is 16.1. The van der Waals surface area contributed by atoms with Crippen molar-refractivity contribution in [2.24, 2.45) is 16.7 Å². The maximum atomic E-state index is 16.1. The van der Waals surface area contributed by atoms with Crippen LogP contribution in [0.15, 0.2) is 64.3 Å². The molecule has 5 fully saturated rings. The summed E-state index contributed by atoms with van der Waals surface area (Å²) in [5, 5.41) is 40.6. The lowest BCUT2D eigenvalue weighted by Crippen LogP contribution is -2.82. The number of benzene rings is 1. The van der Waals surface area contributed by atoms with Gasteiger partial charge in [0.1, 0.15) is 41.3 Å². The van der Waals surface area contributed by atoms with Crippen LogP contribution in [0.25, 0.3) is 0 Å². The second kappa shape index (κ2) is 19.6. The lowest BCUT2D eigenvalue weighted by molar-refractivity contribution is -0.345. The molecule has 2 amide bonds. The molecule has 3 aliphatic carbocycles. The van der Waals surface area contributed by atoms with E-state index in [1.165, 1.54) is 55.7 Å². The van der Waals surface area contributed by atoms with Crippen molar-refractivity contribution in [1.82, 2.24) is 15.1 Å². The molecule has 3 aliphatic heterocycles. The molecule has 2 saturated carbocycles. The Labute approximate surface area is 413 Å². The zero-order chi connectivity index (χ0) is 51.4. The van der Waals surface area contributed by atoms with E-state index in [9.17, 15) is 39.3 Å². The van der Waals surface area contributed by atoms with Gasteiger partial charge in [-0.1, -0.05) is 38.5 Å². The monoisotopic (exact) mass is 991 g/mol. The van der Waals surface area contributed by atoms with Gasteiger partial charge < -0.3 is 63.3 Å². The van der Waals surface area contributed by atoms with Crippen molar-refractivity contribution in [2.45, 2.75) is 166 Å². The van der Waals surface area contributed by atoms with Crippen LogP contribution in [0.1, 0.15) is 122 Å². The number of alkyl carbamates (subject to hydrolysis) is 1. The zero-order valence-corrected chi connectivity index (χ0v) is 41.8. The molecule has 1 unspecified atom stereocenters. The van der Waals surface area contributed by atoms with Gasteiger partial charge in [-0.05, 0) is 109 Å². The number of hydrogen-bond donors (Lipinski definition) is 4. The third-order valence-electron chi connectivity index (χ3n) is 16.1. The van der Waals surface area contributed by atoms with Gasteiger partial charge in [0.15, 0.2) is 23.6 Å². The average Bonchev–Trinajstić information content (AvgIpc) is 3.86. The number of carbonyl (C=O) groups is 6. The SMILES string of the molecule is CC(=O)O[C@@]12CO[C@@H]1C[C@H](O)[C@@]1(C)C(=O)[C@H](OC(=O)N3CCC(N4CCCCC4)CC3)C3=C(C)[C@@H](OC(=O)[C@H](O)[C@H](NC(=O)OC(C)(C)C)c4ccco4)C[C@@](O)([C@@H](OC(=O)c4ccccc4)C12)C3(C)C. The molecule has 388 valence electrons. The van der Waals surface area contributed by atoms with E-state index in [1.807, 2.05) is 0 Å². The lowest BCUT2D eigenvalue weighted by Gasteiger charge is -2.67. The number of ether oxygens (including phenoxy) is 6. The zero-order valence-electron chi connectivity index (χ0n) is 41.8. The number of piperidine rings is 2. The number of nitrogens with one attached hydrogen (secondary N) is 1. The van der Waals surface area contributed by atoms with Crippen LogP contribution in [-0.2, 0) is 42.8 Å². The van der Waals surface area contributed by atoms with Crippen LogP contribution in [0, 0.1) is 16.7 Å². The van der Waals surface area contributed by atoms with Gasteiger partial charge in [0.2, 0.25) is 0 Å². The second-order valence-corrected chi connectivity index (χ2v) is 21.9. The van der Waals surface area contributed by atoms with Crippen molar-refractivity contribution in [3.63, 3.8) is 0 Å². The normalized spacial score (nSPS) is 32.8. The summed E-state index contributed by atoms with van der Waals surface area (Å²) in [6, 6.07) is 9.51. The van der Waals surface area contributed by atoms with Crippen LogP contribution in [0.2, 0.25) is 0 Å². The van der Waals surface area contributed by atoms with Crippen molar-refractivity contribution in [3.05, 3.63) is 71.2 Å². The van der Waals surface area contributed by atoms with E-state index < -0.39 is 119 Å². The highest BCUT2D eigenvalue weighted by Crippen LogP contribution is 2.64. The Bertz CT molecular complexity index is 2370. The molecule has 2 aromatic rings. The van der Waals surface area contributed by atoms with Gasteiger partial charge >= 0.3 is 30.1 Å². The van der Waals surface area contributed by atoms with Crippen LogP contribution in [0.5, 0.6) is 0 Å². The van der Waals surface area contributed by atoms with E-state index in [2.05, 4.69) is 10.2 Å². The summed E-state index contributed by atoms with van der Waals surface area (Å²) in [6.45, 7) is 14.5. The van der Waals surface area contributed by atoms with Crippen LogP contribution >= 0.6 is 0 Å². The molecule has 3 saturated heterocycles. The molecule has 11 atom stereocenters. The molecule has 8 rings (SSSR count). The fraction of sp³-hybridized carbons (Fsp3) is 0.654. The average molecular weight is 992 g/mol. The molecule has 1 aromatic carbocycles. The number of furan rings is 1. The molecule has 1 aromatic heterocycles. The number of fused-ring (bicyclic) bond motifs is 5.